The van der Waals surface area contributed by atoms with Crippen LogP contribution in [0.3, 0.4) is 0 Å². The molecule has 0 amide bonds. The minimum atomic E-state index is -0.200. The molecule has 0 saturated carbocycles. The van der Waals surface area contributed by atoms with E-state index < -0.39 is 0 Å². The number of nitrogens with zero attached hydrogens (tertiary/aromatic N) is 2. The normalized spacial score (nSPS) is 17.0. The summed E-state index contributed by atoms with van der Waals surface area (Å²) < 4.78 is 20.0. The number of piperidine rings is 1. The number of hydrogen-bond acceptors (Lipinski definition) is 4. The first kappa shape index (κ1) is 16.3. The Kier molecular flexibility index (Phi) is 5.78. The number of hydrogen-bond donors (Lipinski definition) is 0. The zero-order chi connectivity index (χ0) is 15.4. The lowest BCUT2D eigenvalue weighted by Crippen LogP contribution is -2.36. The maximum absolute atomic E-state index is 12.9. The Balaban J connectivity index is 1.41. The lowest BCUT2D eigenvalue weighted by molar-refractivity contribution is -0.00396. The SMILES string of the molecule is Fc1ccc(COC2CCN(Cc3ncc(I)s3)CC2)cc1. The summed E-state index contributed by atoms with van der Waals surface area (Å²) >= 11 is 4.07. The van der Waals surface area contributed by atoms with E-state index in [1.165, 1.54) is 20.0 Å². The second kappa shape index (κ2) is 7.81. The number of likely N-dealkylation sites (tertiary alicyclic amines) is 1. The molecule has 0 unspecified atom stereocenters. The summed E-state index contributed by atoms with van der Waals surface area (Å²) in [4.78, 5) is 6.86. The van der Waals surface area contributed by atoms with E-state index in [0.29, 0.717) is 12.7 Å². The number of halogens is 2. The molecule has 1 aromatic heterocycles. The number of aromatic nitrogens is 1. The Bertz CT molecular complexity index is 596. The fourth-order valence-electron chi connectivity index (χ4n) is 2.58. The summed E-state index contributed by atoms with van der Waals surface area (Å²) in [6, 6.07) is 6.54. The topological polar surface area (TPSA) is 25.4 Å². The van der Waals surface area contributed by atoms with Gasteiger partial charge in [0.2, 0.25) is 0 Å². The van der Waals surface area contributed by atoms with Crippen molar-refractivity contribution < 1.29 is 9.13 Å². The van der Waals surface area contributed by atoms with Gasteiger partial charge in [-0.05, 0) is 53.1 Å². The van der Waals surface area contributed by atoms with Crippen LogP contribution >= 0.6 is 33.9 Å². The molecule has 0 aliphatic carbocycles. The maximum atomic E-state index is 12.9. The predicted molar refractivity (Wildman–Crippen MR) is 94.3 cm³/mol. The lowest BCUT2D eigenvalue weighted by atomic mass is 10.1. The lowest BCUT2D eigenvalue weighted by Gasteiger charge is -2.31. The van der Waals surface area contributed by atoms with Crippen molar-refractivity contribution in [1.82, 2.24) is 9.88 Å². The molecule has 0 atom stereocenters. The summed E-state index contributed by atoms with van der Waals surface area (Å²) in [5, 5.41) is 1.19. The van der Waals surface area contributed by atoms with Gasteiger partial charge < -0.3 is 4.74 Å². The van der Waals surface area contributed by atoms with Crippen molar-refractivity contribution in [2.24, 2.45) is 0 Å². The molecule has 1 saturated heterocycles. The van der Waals surface area contributed by atoms with E-state index in [1.807, 2.05) is 6.20 Å². The van der Waals surface area contributed by atoms with Gasteiger partial charge in [0.25, 0.3) is 0 Å². The van der Waals surface area contributed by atoms with Crippen LogP contribution in [0.25, 0.3) is 0 Å². The van der Waals surface area contributed by atoms with Crippen LogP contribution < -0.4 is 0 Å². The highest BCUT2D eigenvalue weighted by molar-refractivity contribution is 14.1. The van der Waals surface area contributed by atoms with Crippen LogP contribution in [0.4, 0.5) is 4.39 Å². The standard InChI is InChI=1S/C16H18FIN2OS/c17-13-3-1-12(2-4-13)11-21-14-5-7-20(8-6-14)10-16-19-9-15(18)22-16/h1-4,9,14H,5-8,10-11H2. The number of thiazole rings is 1. The third-order valence-corrected chi connectivity index (χ3v) is 5.53. The second-order valence-corrected chi connectivity index (χ2v) is 8.48. The molecule has 1 aromatic carbocycles. The summed E-state index contributed by atoms with van der Waals surface area (Å²) in [6.45, 7) is 3.60. The first-order chi connectivity index (χ1) is 10.7. The highest BCUT2D eigenvalue weighted by Crippen LogP contribution is 2.20. The fourth-order valence-corrected chi connectivity index (χ4v) is 4.17. The molecule has 1 fully saturated rings. The van der Waals surface area contributed by atoms with Crippen molar-refractivity contribution in [2.45, 2.75) is 32.1 Å². The van der Waals surface area contributed by atoms with E-state index in [-0.39, 0.29) is 5.82 Å². The summed E-state index contributed by atoms with van der Waals surface area (Å²) in [6.07, 6.45) is 4.32. The number of ether oxygens (including phenoxy) is 1. The van der Waals surface area contributed by atoms with Gasteiger partial charge in [-0.2, -0.15) is 0 Å². The van der Waals surface area contributed by atoms with Gasteiger partial charge in [0.1, 0.15) is 10.8 Å². The largest absolute Gasteiger partial charge is 0.373 e. The highest BCUT2D eigenvalue weighted by Gasteiger charge is 2.20. The van der Waals surface area contributed by atoms with Crippen LogP contribution in [0.15, 0.2) is 30.5 Å². The molecule has 1 aliphatic rings. The minimum absolute atomic E-state index is 0.200. The average Bonchev–Trinajstić information content (AvgIpc) is 2.93. The van der Waals surface area contributed by atoms with Crippen molar-refractivity contribution >= 4 is 33.9 Å². The molecule has 22 heavy (non-hydrogen) atoms. The third-order valence-electron chi connectivity index (χ3n) is 3.82. The Morgan fingerprint density at radius 2 is 2.00 bits per heavy atom. The highest BCUT2D eigenvalue weighted by atomic mass is 127. The zero-order valence-corrected chi connectivity index (χ0v) is 15.1. The van der Waals surface area contributed by atoms with Crippen LogP contribution in [-0.4, -0.2) is 29.1 Å². The van der Waals surface area contributed by atoms with Crippen molar-refractivity contribution in [2.75, 3.05) is 13.1 Å². The van der Waals surface area contributed by atoms with Crippen LogP contribution in [0.2, 0.25) is 0 Å². The van der Waals surface area contributed by atoms with E-state index in [0.717, 1.165) is 38.0 Å². The molecule has 2 aromatic rings. The van der Waals surface area contributed by atoms with Crippen LogP contribution in [-0.2, 0) is 17.9 Å². The van der Waals surface area contributed by atoms with Gasteiger partial charge in [0, 0.05) is 13.1 Å². The van der Waals surface area contributed by atoms with E-state index in [1.54, 1.807) is 23.5 Å². The molecular weight excluding hydrogens is 414 g/mol. The van der Waals surface area contributed by atoms with Crippen LogP contribution in [0, 0.1) is 8.70 Å². The van der Waals surface area contributed by atoms with Gasteiger partial charge in [-0.1, -0.05) is 12.1 Å². The zero-order valence-electron chi connectivity index (χ0n) is 12.2. The summed E-state index contributed by atoms with van der Waals surface area (Å²) in [5.41, 5.74) is 1.03. The minimum Gasteiger partial charge on any atom is -0.373 e. The Morgan fingerprint density at radius 3 is 2.64 bits per heavy atom. The van der Waals surface area contributed by atoms with E-state index in [9.17, 15) is 4.39 Å². The molecule has 3 rings (SSSR count). The van der Waals surface area contributed by atoms with Crippen LogP contribution in [0.1, 0.15) is 23.4 Å². The van der Waals surface area contributed by atoms with E-state index >= 15 is 0 Å². The van der Waals surface area contributed by atoms with Gasteiger partial charge in [-0.3, -0.25) is 4.90 Å². The smallest absolute Gasteiger partial charge is 0.123 e. The Labute approximate surface area is 147 Å². The van der Waals surface area contributed by atoms with Gasteiger partial charge in [0.15, 0.2) is 0 Å². The molecule has 6 heteroatoms. The second-order valence-electron chi connectivity index (χ2n) is 5.47. The maximum Gasteiger partial charge on any atom is 0.123 e. The van der Waals surface area contributed by atoms with Gasteiger partial charge in [-0.15, -0.1) is 11.3 Å². The Hall–Kier alpha value is -0.570. The van der Waals surface area contributed by atoms with E-state index in [2.05, 4.69) is 32.5 Å². The molecule has 0 spiro atoms. The van der Waals surface area contributed by atoms with Crippen molar-refractivity contribution in [3.8, 4) is 0 Å². The van der Waals surface area contributed by atoms with Crippen molar-refractivity contribution in [3.05, 3.63) is 49.7 Å². The summed E-state index contributed by atoms with van der Waals surface area (Å²) in [5.74, 6) is -0.200. The number of benzene rings is 1. The molecule has 1 aliphatic heterocycles. The monoisotopic (exact) mass is 432 g/mol. The van der Waals surface area contributed by atoms with Gasteiger partial charge in [-0.25, -0.2) is 9.37 Å². The quantitative estimate of drug-likeness (QED) is 0.667. The first-order valence-corrected chi connectivity index (χ1v) is 9.27. The molecule has 3 nitrogen and oxygen atoms in total. The first-order valence-electron chi connectivity index (χ1n) is 7.37. The summed E-state index contributed by atoms with van der Waals surface area (Å²) in [7, 11) is 0. The molecule has 0 N–H and O–H groups in total. The average molecular weight is 432 g/mol. The van der Waals surface area contributed by atoms with Crippen molar-refractivity contribution in [1.29, 1.82) is 0 Å². The molecule has 2 heterocycles. The van der Waals surface area contributed by atoms with Gasteiger partial charge in [0.05, 0.1) is 28.3 Å². The molecule has 0 bridgehead atoms. The number of rotatable bonds is 5. The van der Waals surface area contributed by atoms with E-state index in [4.69, 9.17) is 4.74 Å². The van der Waals surface area contributed by atoms with Crippen molar-refractivity contribution in [3.63, 3.8) is 0 Å². The van der Waals surface area contributed by atoms with Crippen LogP contribution in [0.5, 0.6) is 0 Å². The fraction of sp³-hybridized carbons (Fsp3) is 0.438. The molecule has 0 radical (unpaired) electrons. The molecule has 118 valence electrons. The third kappa shape index (κ3) is 4.71. The van der Waals surface area contributed by atoms with Gasteiger partial charge >= 0.3 is 0 Å². The Morgan fingerprint density at radius 1 is 1.27 bits per heavy atom. The molecular formula is C16H18FIN2OS. The predicted octanol–water partition coefficient (Wildman–Crippen LogP) is 4.07.